The molecule has 0 aromatic heterocycles. The molecule has 0 atom stereocenters. The Morgan fingerprint density at radius 1 is 0.484 bits per heavy atom. The molecule has 0 fully saturated rings. The zero-order valence-electron chi connectivity index (χ0n) is 38.6. The predicted octanol–water partition coefficient (Wildman–Crippen LogP) is 17.7. The Morgan fingerprint density at radius 2 is 0.734 bits per heavy atom. The summed E-state index contributed by atoms with van der Waals surface area (Å²) in [6, 6.07) is 41.8. The molecule has 8 heteroatoms. The Hall–Kier alpha value is -4.39. The molecule has 5 aromatic rings. The topological polar surface area (TPSA) is 97.5 Å². The highest BCUT2D eigenvalue weighted by Crippen LogP contribution is 2.26. The van der Waals surface area contributed by atoms with E-state index in [0.717, 1.165) is 20.6 Å². The number of aliphatic hydroxyl groups is 1. The summed E-state index contributed by atoms with van der Waals surface area (Å²) in [7, 11) is 0. The SMILES string of the molecule is C.C.C.C.CC(C)(C)c1ccc(Br)cc1.CC(C)(C)c1ccc(CO)cc1.CC(C)(C)c1ccc(Cl)cc1.CC(C)(C)c1ccc([N+](=O)[O-])cc1.CC(C)(C)c1ccccc1.O=C=O. The molecule has 0 amide bonds. The summed E-state index contributed by atoms with van der Waals surface area (Å²) in [5.41, 5.74) is 8.67. The number of nitro groups is 1. The molecule has 0 aliphatic carbocycles. The van der Waals surface area contributed by atoms with Crippen LogP contribution in [0.3, 0.4) is 0 Å². The Balaban J connectivity index is -0.000000220. The molecule has 0 bridgehead atoms. The number of nitro benzene ring substituents is 1. The van der Waals surface area contributed by atoms with Crippen LogP contribution in [-0.2, 0) is 43.3 Å². The van der Waals surface area contributed by atoms with Crippen molar-refractivity contribution in [1.82, 2.24) is 0 Å². The van der Waals surface area contributed by atoms with Crippen molar-refractivity contribution < 1.29 is 19.6 Å². The fourth-order valence-electron chi connectivity index (χ4n) is 5.03. The molecule has 358 valence electrons. The van der Waals surface area contributed by atoms with Crippen molar-refractivity contribution in [3.05, 3.63) is 180 Å². The van der Waals surface area contributed by atoms with Crippen LogP contribution < -0.4 is 0 Å². The molecule has 0 unspecified atom stereocenters. The zero-order chi connectivity index (χ0) is 46.5. The van der Waals surface area contributed by atoms with Gasteiger partial charge in [-0.15, -0.1) is 0 Å². The maximum absolute atomic E-state index is 10.4. The molecule has 0 aliphatic heterocycles. The molecule has 0 saturated carbocycles. The van der Waals surface area contributed by atoms with Crippen molar-refractivity contribution in [3.8, 4) is 0 Å². The first kappa shape index (κ1) is 68.7. The van der Waals surface area contributed by atoms with Gasteiger partial charge in [0.2, 0.25) is 0 Å². The number of nitrogens with zero attached hydrogens (tertiary/aromatic N) is 1. The second-order valence-electron chi connectivity index (χ2n) is 19.4. The van der Waals surface area contributed by atoms with E-state index in [9.17, 15) is 10.1 Å². The fraction of sp³-hybridized carbons (Fsp3) is 0.446. The van der Waals surface area contributed by atoms with Gasteiger partial charge in [-0.05, 0) is 84.7 Å². The minimum absolute atomic E-state index is 0. The van der Waals surface area contributed by atoms with Crippen LogP contribution in [0.4, 0.5) is 5.69 Å². The van der Waals surface area contributed by atoms with Crippen molar-refractivity contribution in [2.75, 3.05) is 0 Å². The third kappa shape index (κ3) is 29.1. The second kappa shape index (κ2) is 31.5. The van der Waals surface area contributed by atoms with Gasteiger partial charge in [-0.2, -0.15) is 9.59 Å². The molecule has 5 rings (SSSR count). The Morgan fingerprint density at radius 3 is 0.984 bits per heavy atom. The third-order valence-corrected chi connectivity index (χ3v) is 9.79. The van der Waals surface area contributed by atoms with E-state index in [-0.39, 0.29) is 74.7 Å². The molecule has 5 aromatic carbocycles. The Kier molecular flexibility index (Phi) is 33.8. The van der Waals surface area contributed by atoms with Gasteiger partial charge in [-0.1, -0.05) is 252 Å². The van der Waals surface area contributed by atoms with Crippen molar-refractivity contribution in [3.63, 3.8) is 0 Å². The molecule has 1 N–H and O–H groups in total. The van der Waals surface area contributed by atoms with Crippen LogP contribution in [0.15, 0.2) is 132 Å². The lowest BCUT2D eigenvalue weighted by Gasteiger charge is -2.18. The van der Waals surface area contributed by atoms with E-state index in [2.05, 4.69) is 199 Å². The number of carbonyl (C=O) groups excluding carboxylic acids is 2. The summed E-state index contributed by atoms with van der Waals surface area (Å²) in [4.78, 5) is 26.2. The first-order valence-electron chi connectivity index (χ1n) is 20.0. The first-order chi connectivity index (χ1) is 27.5. The highest BCUT2D eigenvalue weighted by atomic mass is 79.9. The van der Waals surface area contributed by atoms with E-state index in [1.54, 1.807) is 24.3 Å². The molecule has 0 radical (unpaired) electrons. The predicted molar refractivity (Wildman–Crippen MR) is 283 cm³/mol. The normalized spacial score (nSPS) is 10.4. The van der Waals surface area contributed by atoms with Crippen LogP contribution in [0.2, 0.25) is 5.02 Å². The third-order valence-electron chi connectivity index (χ3n) is 9.01. The van der Waals surface area contributed by atoms with Crippen molar-refractivity contribution in [1.29, 1.82) is 0 Å². The van der Waals surface area contributed by atoms with Gasteiger partial charge < -0.3 is 5.11 Å². The van der Waals surface area contributed by atoms with Gasteiger partial charge in [-0.25, -0.2) is 0 Å². The Labute approximate surface area is 404 Å². The molecular weight excluding hydrogens is 882 g/mol. The van der Waals surface area contributed by atoms with Crippen LogP contribution >= 0.6 is 27.5 Å². The largest absolute Gasteiger partial charge is 0.392 e. The summed E-state index contributed by atoms with van der Waals surface area (Å²) >= 11 is 9.17. The van der Waals surface area contributed by atoms with Crippen LogP contribution in [0.25, 0.3) is 0 Å². The van der Waals surface area contributed by atoms with E-state index >= 15 is 0 Å². The summed E-state index contributed by atoms with van der Waals surface area (Å²) in [5, 5.41) is 20.0. The van der Waals surface area contributed by atoms with Crippen molar-refractivity contribution in [2.24, 2.45) is 0 Å². The summed E-state index contributed by atoms with van der Waals surface area (Å²) in [6.07, 6.45) is 0.250. The number of rotatable bonds is 2. The first-order valence-corrected chi connectivity index (χ1v) is 21.2. The van der Waals surface area contributed by atoms with Gasteiger partial charge in [0.25, 0.3) is 5.69 Å². The number of halogens is 2. The quantitative estimate of drug-likeness (QED) is 0.140. The highest BCUT2D eigenvalue weighted by Gasteiger charge is 2.16. The van der Waals surface area contributed by atoms with Gasteiger partial charge >= 0.3 is 6.15 Å². The lowest BCUT2D eigenvalue weighted by atomic mass is 9.87. The van der Waals surface area contributed by atoms with Gasteiger partial charge in [0.05, 0.1) is 11.5 Å². The number of hydrogen-bond acceptors (Lipinski definition) is 5. The number of benzene rings is 5. The van der Waals surface area contributed by atoms with Gasteiger partial charge in [0.15, 0.2) is 0 Å². The van der Waals surface area contributed by atoms with Crippen LogP contribution in [0.5, 0.6) is 0 Å². The van der Waals surface area contributed by atoms with Crippen LogP contribution in [0, 0.1) is 10.1 Å². The summed E-state index contributed by atoms with van der Waals surface area (Å²) in [6.45, 7) is 32.8. The summed E-state index contributed by atoms with van der Waals surface area (Å²) in [5.74, 6) is 0. The van der Waals surface area contributed by atoms with Crippen molar-refractivity contribution in [2.45, 2.75) is 167 Å². The van der Waals surface area contributed by atoms with Crippen LogP contribution in [-0.4, -0.2) is 16.2 Å². The number of hydrogen-bond donors (Lipinski definition) is 1. The average molecular weight is 968 g/mol. The Bertz CT molecular complexity index is 1920. The second-order valence-corrected chi connectivity index (χ2v) is 20.7. The standard InChI is InChI=1S/C11H16O.C10H13Br.C10H13Cl.C10H13NO2.C10H14.CO2.4CH4/c1-11(2,3)10-6-4-9(8-12)5-7-10;2*1-10(2,3)8-4-6-9(11)7-5-8;1-10(2,3)8-4-6-9(7-5-8)11(12)13;1-10(2,3)9-7-5-4-6-8-9;2-1-3;;;;/h4-7,12H,8H2,1-3H3;2*4-7H,1-3H3;4-7H,1-3H3;4-8H,1-3H3;;4*1H4. The molecule has 6 nitrogen and oxygen atoms in total. The smallest absolute Gasteiger partial charge is 0.373 e. The van der Waals surface area contributed by atoms with E-state index in [1.807, 2.05) is 24.3 Å². The van der Waals surface area contributed by atoms with E-state index < -0.39 is 0 Å². The molecule has 0 saturated heterocycles. The minimum atomic E-state index is -0.383. The molecule has 0 spiro atoms. The van der Waals surface area contributed by atoms with Crippen molar-refractivity contribution >= 4 is 39.4 Å². The average Bonchev–Trinajstić information content (AvgIpc) is 3.15. The van der Waals surface area contributed by atoms with Gasteiger partial charge in [0.1, 0.15) is 0 Å². The summed E-state index contributed by atoms with van der Waals surface area (Å²) < 4.78 is 1.14. The van der Waals surface area contributed by atoms with Gasteiger partial charge in [0, 0.05) is 21.6 Å². The number of aliphatic hydroxyl groups excluding tert-OH is 1. The van der Waals surface area contributed by atoms with E-state index in [0.29, 0.717) is 5.41 Å². The molecule has 64 heavy (non-hydrogen) atoms. The van der Waals surface area contributed by atoms with Gasteiger partial charge in [-0.3, -0.25) is 10.1 Å². The minimum Gasteiger partial charge on any atom is -0.392 e. The maximum Gasteiger partial charge on any atom is 0.373 e. The number of non-ortho nitro benzene ring substituents is 1. The molecule has 0 heterocycles. The van der Waals surface area contributed by atoms with E-state index in [4.69, 9.17) is 26.3 Å². The molecular formula is C56H85BrClNO5. The maximum atomic E-state index is 10.4. The lowest BCUT2D eigenvalue weighted by Crippen LogP contribution is -2.10. The highest BCUT2D eigenvalue weighted by molar-refractivity contribution is 9.10. The fourth-order valence-corrected chi connectivity index (χ4v) is 5.42. The molecule has 0 aliphatic rings. The van der Waals surface area contributed by atoms with Crippen LogP contribution in [0.1, 0.15) is 167 Å². The monoisotopic (exact) mass is 966 g/mol. The van der Waals surface area contributed by atoms with E-state index in [1.165, 1.54) is 22.3 Å². The lowest BCUT2D eigenvalue weighted by molar-refractivity contribution is -0.384. The zero-order valence-corrected chi connectivity index (χ0v) is 41.0.